The van der Waals surface area contributed by atoms with Gasteiger partial charge in [0, 0.05) is 24.2 Å². The van der Waals surface area contributed by atoms with Crippen molar-refractivity contribution in [2.75, 3.05) is 13.1 Å². The Kier molecular flexibility index (Phi) is 5.66. The highest BCUT2D eigenvalue weighted by atomic mass is 32.2. The SMILES string of the molecule is Cc1ccc(S(=O)(=O)NCCNC(=O)c2cccc3c4c([nH]c23)CCC(C)C4)cc1. The summed E-state index contributed by atoms with van der Waals surface area (Å²) in [7, 11) is -3.59. The lowest BCUT2D eigenvalue weighted by atomic mass is 9.87. The van der Waals surface area contributed by atoms with E-state index in [1.54, 1.807) is 30.3 Å². The predicted molar refractivity (Wildman–Crippen MR) is 118 cm³/mol. The number of sulfonamides is 1. The van der Waals surface area contributed by atoms with Gasteiger partial charge >= 0.3 is 0 Å². The molecule has 1 atom stereocenters. The number of hydrogen-bond acceptors (Lipinski definition) is 3. The molecule has 0 saturated heterocycles. The van der Waals surface area contributed by atoms with Gasteiger partial charge in [-0.05, 0) is 55.9 Å². The summed E-state index contributed by atoms with van der Waals surface area (Å²) in [6, 6.07) is 12.4. The molecule has 6 nitrogen and oxygen atoms in total. The number of amides is 1. The molecule has 30 heavy (non-hydrogen) atoms. The maximum Gasteiger partial charge on any atom is 0.253 e. The molecule has 0 spiro atoms. The van der Waals surface area contributed by atoms with Crippen molar-refractivity contribution in [2.24, 2.45) is 5.92 Å². The molecule has 0 radical (unpaired) electrons. The molecule has 0 aliphatic heterocycles. The van der Waals surface area contributed by atoms with Crippen molar-refractivity contribution in [3.05, 3.63) is 64.8 Å². The van der Waals surface area contributed by atoms with Gasteiger partial charge in [-0.3, -0.25) is 4.79 Å². The van der Waals surface area contributed by atoms with Gasteiger partial charge in [0.2, 0.25) is 10.0 Å². The third kappa shape index (κ3) is 4.13. The molecular formula is C23H27N3O3S. The number of para-hydroxylation sites is 1. The Bertz CT molecular complexity index is 1180. The molecule has 0 bridgehead atoms. The van der Waals surface area contributed by atoms with E-state index in [1.807, 2.05) is 13.0 Å². The standard InChI is InChI=1S/C23H27N3O3S/c1-15-6-9-17(10-7-15)30(28,29)25-13-12-24-23(27)19-5-3-4-18-20-14-16(2)8-11-21(20)26-22(18)19/h3-7,9-10,16,25-26H,8,11-14H2,1-2H3,(H,24,27). The molecule has 1 aliphatic rings. The molecule has 158 valence electrons. The van der Waals surface area contributed by atoms with Gasteiger partial charge in [-0.15, -0.1) is 0 Å². The van der Waals surface area contributed by atoms with E-state index >= 15 is 0 Å². The number of hydrogen-bond donors (Lipinski definition) is 3. The van der Waals surface area contributed by atoms with Gasteiger partial charge in [0.25, 0.3) is 5.91 Å². The molecule has 2 aromatic carbocycles. The average molecular weight is 426 g/mol. The number of aryl methyl sites for hydroxylation is 2. The molecular weight excluding hydrogens is 398 g/mol. The van der Waals surface area contributed by atoms with Crippen LogP contribution in [0, 0.1) is 12.8 Å². The highest BCUT2D eigenvalue weighted by Crippen LogP contribution is 2.32. The zero-order valence-corrected chi connectivity index (χ0v) is 18.1. The van der Waals surface area contributed by atoms with Crippen LogP contribution in [0.15, 0.2) is 47.4 Å². The van der Waals surface area contributed by atoms with Crippen molar-refractivity contribution in [1.82, 2.24) is 15.0 Å². The fourth-order valence-corrected chi connectivity index (χ4v) is 5.09. The van der Waals surface area contributed by atoms with Crippen molar-refractivity contribution in [3.63, 3.8) is 0 Å². The zero-order chi connectivity index (χ0) is 21.3. The highest BCUT2D eigenvalue weighted by Gasteiger charge is 2.22. The molecule has 3 aromatic rings. The van der Waals surface area contributed by atoms with Gasteiger partial charge < -0.3 is 10.3 Å². The van der Waals surface area contributed by atoms with Crippen LogP contribution in [0.3, 0.4) is 0 Å². The first kappa shape index (κ1) is 20.6. The number of benzene rings is 2. The number of carbonyl (C=O) groups is 1. The Hall–Kier alpha value is -2.64. The van der Waals surface area contributed by atoms with Gasteiger partial charge in [-0.2, -0.15) is 0 Å². The van der Waals surface area contributed by atoms with E-state index in [1.165, 1.54) is 11.3 Å². The lowest BCUT2D eigenvalue weighted by Crippen LogP contribution is -2.34. The molecule has 7 heteroatoms. The van der Waals surface area contributed by atoms with Gasteiger partial charge in [-0.25, -0.2) is 13.1 Å². The van der Waals surface area contributed by atoms with E-state index in [2.05, 4.69) is 28.0 Å². The lowest BCUT2D eigenvalue weighted by Gasteiger charge is -2.17. The molecule has 0 saturated carbocycles. The normalized spacial score (nSPS) is 16.4. The summed E-state index contributed by atoms with van der Waals surface area (Å²) in [4.78, 5) is 16.4. The van der Waals surface area contributed by atoms with E-state index in [0.717, 1.165) is 35.7 Å². The third-order valence-corrected chi connectivity index (χ3v) is 7.22. The van der Waals surface area contributed by atoms with Crippen molar-refractivity contribution in [1.29, 1.82) is 0 Å². The first-order chi connectivity index (χ1) is 14.3. The van der Waals surface area contributed by atoms with Crippen molar-refractivity contribution in [3.8, 4) is 0 Å². The number of carbonyl (C=O) groups excluding carboxylic acids is 1. The van der Waals surface area contributed by atoms with Crippen LogP contribution in [0.25, 0.3) is 10.9 Å². The van der Waals surface area contributed by atoms with Gasteiger partial charge in [-0.1, -0.05) is 36.8 Å². The fraction of sp³-hybridized carbons (Fsp3) is 0.348. The number of nitrogens with one attached hydrogen (secondary N) is 3. The van der Waals surface area contributed by atoms with Crippen LogP contribution < -0.4 is 10.0 Å². The Morgan fingerprint density at radius 2 is 1.90 bits per heavy atom. The van der Waals surface area contributed by atoms with E-state index in [9.17, 15) is 13.2 Å². The van der Waals surface area contributed by atoms with Crippen LogP contribution in [0.1, 0.15) is 40.5 Å². The van der Waals surface area contributed by atoms with Crippen LogP contribution in [0.4, 0.5) is 0 Å². The summed E-state index contributed by atoms with van der Waals surface area (Å²) >= 11 is 0. The van der Waals surface area contributed by atoms with Crippen LogP contribution >= 0.6 is 0 Å². The number of aromatic nitrogens is 1. The molecule has 3 N–H and O–H groups in total. The molecule has 1 aromatic heterocycles. The topological polar surface area (TPSA) is 91.1 Å². The second kappa shape index (κ2) is 8.24. The number of fused-ring (bicyclic) bond motifs is 3. The smallest absolute Gasteiger partial charge is 0.253 e. The quantitative estimate of drug-likeness (QED) is 0.529. The average Bonchev–Trinajstić information content (AvgIpc) is 3.09. The largest absolute Gasteiger partial charge is 0.358 e. The minimum Gasteiger partial charge on any atom is -0.358 e. The van der Waals surface area contributed by atoms with E-state index < -0.39 is 10.0 Å². The number of H-pyrrole nitrogens is 1. The summed E-state index contributed by atoms with van der Waals surface area (Å²) in [6.07, 6.45) is 3.19. The Balaban J connectivity index is 1.41. The molecule has 4 rings (SSSR count). The molecule has 1 amide bonds. The van der Waals surface area contributed by atoms with Gasteiger partial charge in [0.1, 0.15) is 0 Å². The minimum atomic E-state index is -3.59. The van der Waals surface area contributed by atoms with Crippen LogP contribution in [-0.2, 0) is 22.9 Å². The minimum absolute atomic E-state index is 0.122. The number of rotatable bonds is 6. The fourth-order valence-electron chi connectivity index (χ4n) is 4.06. The van der Waals surface area contributed by atoms with Gasteiger partial charge in [0.05, 0.1) is 16.0 Å². The number of aromatic amines is 1. The second-order valence-corrected chi connectivity index (χ2v) is 9.89. The molecule has 1 aliphatic carbocycles. The Morgan fingerprint density at radius 3 is 2.67 bits per heavy atom. The van der Waals surface area contributed by atoms with Crippen molar-refractivity contribution < 1.29 is 13.2 Å². The van der Waals surface area contributed by atoms with E-state index in [-0.39, 0.29) is 23.9 Å². The summed E-state index contributed by atoms with van der Waals surface area (Å²) in [5.74, 6) is 0.442. The summed E-state index contributed by atoms with van der Waals surface area (Å²) < 4.78 is 27.2. The third-order valence-electron chi connectivity index (χ3n) is 5.75. The first-order valence-electron chi connectivity index (χ1n) is 10.3. The Morgan fingerprint density at radius 1 is 1.13 bits per heavy atom. The molecule has 0 fully saturated rings. The first-order valence-corrected chi connectivity index (χ1v) is 11.8. The summed E-state index contributed by atoms with van der Waals surface area (Å²) in [6.45, 7) is 4.49. The molecule has 1 unspecified atom stereocenters. The van der Waals surface area contributed by atoms with Crippen LogP contribution in [-0.4, -0.2) is 32.4 Å². The zero-order valence-electron chi connectivity index (χ0n) is 17.3. The van der Waals surface area contributed by atoms with E-state index in [4.69, 9.17) is 0 Å². The van der Waals surface area contributed by atoms with Crippen molar-refractivity contribution >= 4 is 26.8 Å². The summed E-state index contributed by atoms with van der Waals surface area (Å²) in [5, 5.41) is 3.94. The predicted octanol–water partition coefficient (Wildman–Crippen LogP) is 3.31. The van der Waals surface area contributed by atoms with E-state index in [0.29, 0.717) is 11.5 Å². The maximum absolute atomic E-state index is 12.8. The summed E-state index contributed by atoms with van der Waals surface area (Å²) in [5.41, 5.74) is 5.01. The van der Waals surface area contributed by atoms with Crippen molar-refractivity contribution in [2.45, 2.75) is 38.0 Å². The molecule has 1 heterocycles. The second-order valence-electron chi connectivity index (χ2n) is 8.12. The maximum atomic E-state index is 12.8. The van der Waals surface area contributed by atoms with Crippen LogP contribution in [0.2, 0.25) is 0 Å². The van der Waals surface area contributed by atoms with Crippen LogP contribution in [0.5, 0.6) is 0 Å². The Labute approximate surface area is 177 Å². The lowest BCUT2D eigenvalue weighted by molar-refractivity contribution is 0.0956. The van der Waals surface area contributed by atoms with Gasteiger partial charge in [0.15, 0.2) is 0 Å². The highest BCUT2D eigenvalue weighted by molar-refractivity contribution is 7.89. The monoisotopic (exact) mass is 425 g/mol.